The fourth-order valence-corrected chi connectivity index (χ4v) is 2.52. The van der Waals surface area contributed by atoms with E-state index >= 15 is 0 Å². The number of hydrogen-bond donors (Lipinski definition) is 2. The van der Waals surface area contributed by atoms with Gasteiger partial charge in [0.2, 0.25) is 0 Å². The van der Waals surface area contributed by atoms with Crippen LogP contribution in [-0.2, 0) is 4.74 Å². The molecule has 0 saturated carbocycles. The Bertz CT molecular complexity index is 557. The standard InChI is InChI=1S/C16H22Br2N2O3/c1-16(2,3)23-15(21)20-14(19)11-6-7-13(12(18)10-11)22-9-5-4-8-17/h6-7,10H,4-5,8-9H2,1-3H3,(H2,19,20,21). The van der Waals surface area contributed by atoms with Crippen LogP contribution in [0, 0.1) is 5.41 Å². The van der Waals surface area contributed by atoms with Gasteiger partial charge in [-0.2, -0.15) is 0 Å². The lowest BCUT2D eigenvalue weighted by molar-refractivity contribution is 0.0563. The molecule has 0 heterocycles. The maximum Gasteiger partial charge on any atom is 0.413 e. The van der Waals surface area contributed by atoms with Crippen molar-refractivity contribution in [3.63, 3.8) is 0 Å². The molecule has 0 aromatic heterocycles. The molecule has 0 aliphatic rings. The van der Waals surface area contributed by atoms with Crippen molar-refractivity contribution in [2.75, 3.05) is 11.9 Å². The Labute approximate surface area is 153 Å². The molecule has 0 aliphatic heterocycles. The van der Waals surface area contributed by atoms with Gasteiger partial charge in [-0.1, -0.05) is 15.9 Å². The number of amidine groups is 1. The third kappa shape index (κ3) is 7.83. The van der Waals surface area contributed by atoms with E-state index in [1.807, 2.05) is 0 Å². The molecule has 5 nitrogen and oxygen atoms in total. The fraction of sp³-hybridized carbons (Fsp3) is 0.500. The van der Waals surface area contributed by atoms with Crippen molar-refractivity contribution in [3.05, 3.63) is 28.2 Å². The van der Waals surface area contributed by atoms with Gasteiger partial charge in [-0.15, -0.1) is 0 Å². The molecule has 0 atom stereocenters. The second kappa shape index (κ2) is 9.27. The van der Waals surface area contributed by atoms with Crippen LogP contribution in [0.25, 0.3) is 0 Å². The smallest absolute Gasteiger partial charge is 0.413 e. The normalized spacial score (nSPS) is 11.0. The minimum absolute atomic E-state index is 0.0224. The predicted molar refractivity (Wildman–Crippen MR) is 98.9 cm³/mol. The van der Waals surface area contributed by atoms with Gasteiger partial charge in [0, 0.05) is 10.9 Å². The van der Waals surface area contributed by atoms with E-state index in [2.05, 4.69) is 37.2 Å². The van der Waals surface area contributed by atoms with E-state index in [1.165, 1.54) is 0 Å². The molecule has 1 aromatic carbocycles. The number of carbonyl (C=O) groups is 1. The highest BCUT2D eigenvalue weighted by Crippen LogP contribution is 2.26. The predicted octanol–water partition coefficient (Wildman–Crippen LogP) is 4.85. The Hall–Kier alpha value is -1.08. The SMILES string of the molecule is CC(C)(C)OC(=O)NC(=N)c1ccc(OCCCCBr)c(Br)c1. The molecule has 1 rings (SSSR count). The van der Waals surface area contributed by atoms with E-state index < -0.39 is 11.7 Å². The van der Waals surface area contributed by atoms with Crippen LogP contribution >= 0.6 is 31.9 Å². The molecule has 0 fully saturated rings. The quantitative estimate of drug-likeness (QED) is 0.282. The second-order valence-corrected chi connectivity index (χ2v) is 7.54. The molecule has 23 heavy (non-hydrogen) atoms. The number of nitrogens with one attached hydrogen (secondary N) is 2. The summed E-state index contributed by atoms with van der Waals surface area (Å²) >= 11 is 6.80. The number of alkyl carbamates (subject to hydrolysis) is 1. The number of unbranched alkanes of at least 4 members (excludes halogenated alkanes) is 1. The molecule has 0 unspecified atom stereocenters. The maximum atomic E-state index is 11.7. The molecular weight excluding hydrogens is 428 g/mol. The zero-order valence-electron chi connectivity index (χ0n) is 13.5. The van der Waals surface area contributed by atoms with Gasteiger partial charge in [-0.25, -0.2) is 4.79 Å². The minimum Gasteiger partial charge on any atom is -0.492 e. The summed E-state index contributed by atoms with van der Waals surface area (Å²) in [4.78, 5) is 11.7. The second-order valence-electron chi connectivity index (χ2n) is 5.89. The van der Waals surface area contributed by atoms with Crippen molar-refractivity contribution in [2.45, 2.75) is 39.2 Å². The van der Waals surface area contributed by atoms with Crippen molar-refractivity contribution < 1.29 is 14.3 Å². The largest absolute Gasteiger partial charge is 0.492 e. The summed E-state index contributed by atoms with van der Waals surface area (Å²) in [6, 6.07) is 5.24. The molecule has 2 N–H and O–H groups in total. The van der Waals surface area contributed by atoms with Crippen LogP contribution in [0.2, 0.25) is 0 Å². The monoisotopic (exact) mass is 448 g/mol. The van der Waals surface area contributed by atoms with Crippen LogP contribution in [0.4, 0.5) is 4.79 Å². The maximum absolute atomic E-state index is 11.7. The first-order valence-corrected chi connectivity index (χ1v) is 9.21. The Kier molecular flexibility index (Phi) is 8.05. The average molecular weight is 450 g/mol. The van der Waals surface area contributed by atoms with Gasteiger partial charge in [0.15, 0.2) is 0 Å². The van der Waals surface area contributed by atoms with Crippen molar-refractivity contribution in [1.29, 1.82) is 5.41 Å². The van der Waals surface area contributed by atoms with Gasteiger partial charge in [0.05, 0.1) is 11.1 Å². The third-order valence-corrected chi connectivity index (χ3v) is 3.81. The molecule has 0 spiro atoms. The first-order chi connectivity index (χ1) is 10.7. The summed E-state index contributed by atoms with van der Waals surface area (Å²) in [6.45, 7) is 5.95. The van der Waals surface area contributed by atoms with Crippen LogP contribution in [-0.4, -0.2) is 29.5 Å². The van der Waals surface area contributed by atoms with Crippen LogP contribution in [0.5, 0.6) is 5.75 Å². The molecule has 128 valence electrons. The molecule has 1 amide bonds. The lowest BCUT2D eigenvalue weighted by Gasteiger charge is -2.20. The van der Waals surface area contributed by atoms with Crippen molar-refractivity contribution in [1.82, 2.24) is 5.32 Å². The number of carbonyl (C=O) groups excluding carboxylic acids is 1. The molecule has 1 aromatic rings. The number of amides is 1. The molecule has 0 radical (unpaired) electrons. The highest BCUT2D eigenvalue weighted by molar-refractivity contribution is 9.10. The molecule has 0 bridgehead atoms. The molecular formula is C16H22Br2N2O3. The topological polar surface area (TPSA) is 71.4 Å². The van der Waals surface area contributed by atoms with Crippen molar-refractivity contribution in [2.24, 2.45) is 0 Å². The van der Waals surface area contributed by atoms with Gasteiger partial charge < -0.3 is 9.47 Å². The number of halogens is 2. The van der Waals surface area contributed by atoms with E-state index in [0.29, 0.717) is 17.9 Å². The lowest BCUT2D eigenvalue weighted by atomic mass is 10.2. The van der Waals surface area contributed by atoms with Gasteiger partial charge in [0.1, 0.15) is 17.2 Å². The van der Waals surface area contributed by atoms with Crippen LogP contribution in [0.1, 0.15) is 39.2 Å². The Morgan fingerprint density at radius 2 is 2.00 bits per heavy atom. The van der Waals surface area contributed by atoms with Crippen LogP contribution in [0.3, 0.4) is 0 Å². The van der Waals surface area contributed by atoms with Crippen molar-refractivity contribution >= 4 is 43.8 Å². The summed E-state index contributed by atoms with van der Waals surface area (Å²) in [7, 11) is 0. The Morgan fingerprint density at radius 3 is 2.57 bits per heavy atom. The molecule has 0 aliphatic carbocycles. The summed E-state index contributed by atoms with van der Waals surface area (Å²) in [6.07, 6.45) is 1.38. The van der Waals surface area contributed by atoms with E-state index in [-0.39, 0.29) is 5.84 Å². The van der Waals surface area contributed by atoms with Crippen molar-refractivity contribution in [3.8, 4) is 5.75 Å². The first-order valence-electron chi connectivity index (χ1n) is 7.30. The van der Waals surface area contributed by atoms with Gasteiger partial charge >= 0.3 is 6.09 Å². The van der Waals surface area contributed by atoms with E-state index in [4.69, 9.17) is 14.9 Å². The summed E-state index contributed by atoms with van der Waals surface area (Å²) in [5.41, 5.74) is -0.0341. The van der Waals surface area contributed by atoms with E-state index in [9.17, 15) is 4.79 Å². The van der Waals surface area contributed by atoms with Crippen LogP contribution < -0.4 is 10.1 Å². The fourth-order valence-electron chi connectivity index (χ4n) is 1.63. The number of benzene rings is 1. The highest BCUT2D eigenvalue weighted by atomic mass is 79.9. The molecule has 7 heteroatoms. The first kappa shape index (κ1) is 20.0. The Balaban J connectivity index is 2.62. The van der Waals surface area contributed by atoms with Gasteiger partial charge in [-0.05, 0) is 67.7 Å². The third-order valence-electron chi connectivity index (χ3n) is 2.63. The molecule has 0 saturated heterocycles. The number of hydrogen-bond acceptors (Lipinski definition) is 4. The summed E-state index contributed by atoms with van der Waals surface area (Å²) < 4.78 is 11.5. The summed E-state index contributed by atoms with van der Waals surface area (Å²) in [5.74, 6) is 0.694. The average Bonchev–Trinajstić information content (AvgIpc) is 2.42. The number of alkyl halides is 1. The van der Waals surface area contributed by atoms with Gasteiger partial charge in [0.25, 0.3) is 0 Å². The van der Waals surface area contributed by atoms with E-state index in [0.717, 1.165) is 22.6 Å². The minimum atomic E-state index is -0.645. The van der Waals surface area contributed by atoms with E-state index in [1.54, 1.807) is 39.0 Å². The lowest BCUT2D eigenvalue weighted by Crippen LogP contribution is -2.36. The van der Waals surface area contributed by atoms with Crippen LogP contribution in [0.15, 0.2) is 22.7 Å². The number of ether oxygens (including phenoxy) is 2. The highest BCUT2D eigenvalue weighted by Gasteiger charge is 2.17. The Morgan fingerprint density at radius 1 is 1.30 bits per heavy atom. The number of rotatable bonds is 6. The van der Waals surface area contributed by atoms with Gasteiger partial charge in [-0.3, -0.25) is 10.7 Å². The zero-order valence-corrected chi connectivity index (χ0v) is 16.7. The summed E-state index contributed by atoms with van der Waals surface area (Å²) in [5, 5.41) is 11.3. The zero-order chi connectivity index (χ0) is 17.5.